The summed E-state index contributed by atoms with van der Waals surface area (Å²) >= 11 is 0. The second-order valence-corrected chi connectivity index (χ2v) is 5.77. The Labute approximate surface area is 172 Å². The molecule has 0 heterocycles. The molecule has 0 saturated heterocycles. The molecule has 0 fully saturated rings. The maximum Gasteiger partial charge on any atom is 0.123 e. The van der Waals surface area contributed by atoms with Crippen LogP contribution in [0, 0.1) is 0 Å². The van der Waals surface area contributed by atoms with Gasteiger partial charge in [-0.25, -0.2) is 0 Å². The van der Waals surface area contributed by atoms with E-state index in [4.69, 9.17) is 0 Å². The van der Waals surface area contributed by atoms with Gasteiger partial charge in [0.15, 0.2) is 0 Å². The van der Waals surface area contributed by atoms with Gasteiger partial charge in [-0.2, -0.15) is 0 Å². The zero-order valence-electron chi connectivity index (χ0n) is 15.0. The minimum absolute atomic E-state index is 0. The van der Waals surface area contributed by atoms with Crippen molar-refractivity contribution in [1.29, 1.82) is 0 Å². The van der Waals surface area contributed by atoms with Crippen LogP contribution in [-0.4, -0.2) is 10.2 Å². The largest absolute Gasteiger partial charge is 0.507 e. The molecule has 0 atom stereocenters. The molecule has 0 bridgehead atoms. The number of rotatable bonds is 2. The van der Waals surface area contributed by atoms with E-state index in [-0.39, 0.29) is 19.5 Å². The fourth-order valence-corrected chi connectivity index (χ4v) is 2.67. The van der Waals surface area contributed by atoms with Crippen molar-refractivity contribution >= 4 is 0 Å². The van der Waals surface area contributed by atoms with E-state index in [1.807, 2.05) is 97.1 Å². The molecule has 0 aliphatic rings. The maximum atomic E-state index is 9.56. The molecule has 3 heteroatoms. The van der Waals surface area contributed by atoms with E-state index in [0.29, 0.717) is 11.5 Å². The Morgan fingerprint density at radius 1 is 0.370 bits per heavy atom. The first-order valence-corrected chi connectivity index (χ1v) is 8.42. The van der Waals surface area contributed by atoms with Gasteiger partial charge in [-0.1, -0.05) is 97.1 Å². The van der Waals surface area contributed by atoms with Crippen LogP contribution in [0.2, 0.25) is 0 Å². The molecule has 4 aromatic carbocycles. The summed E-state index contributed by atoms with van der Waals surface area (Å²) in [5.74, 6) is 0.655. The van der Waals surface area contributed by atoms with Gasteiger partial charge in [-0.15, -0.1) is 0 Å². The molecular weight excluding hydrogens is 386 g/mol. The van der Waals surface area contributed by atoms with E-state index < -0.39 is 0 Å². The van der Waals surface area contributed by atoms with Crippen LogP contribution >= 0.6 is 0 Å². The molecular formula is C24H20O2Zn. The van der Waals surface area contributed by atoms with Crippen molar-refractivity contribution in [2.75, 3.05) is 0 Å². The third-order valence-electron chi connectivity index (χ3n) is 3.98. The molecule has 0 unspecified atom stereocenters. The Kier molecular flexibility index (Phi) is 7.79. The smallest absolute Gasteiger partial charge is 0.123 e. The van der Waals surface area contributed by atoms with Gasteiger partial charge in [0.2, 0.25) is 0 Å². The number of phenols is 2. The van der Waals surface area contributed by atoms with Crippen molar-refractivity contribution < 1.29 is 29.7 Å². The van der Waals surface area contributed by atoms with Crippen LogP contribution in [0.4, 0.5) is 0 Å². The van der Waals surface area contributed by atoms with E-state index >= 15 is 0 Å². The Hall–Kier alpha value is -2.90. The summed E-state index contributed by atoms with van der Waals surface area (Å²) in [5.41, 5.74) is 3.84. The number of hydrogen-bond donors (Lipinski definition) is 2. The number of benzene rings is 4. The fraction of sp³-hybridized carbons (Fsp3) is 0. The monoisotopic (exact) mass is 404 g/mol. The van der Waals surface area contributed by atoms with Crippen LogP contribution in [0.3, 0.4) is 0 Å². The summed E-state index contributed by atoms with van der Waals surface area (Å²) in [6.45, 7) is 0. The van der Waals surface area contributed by atoms with E-state index in [9.17, 15) is 10.2 Å². The van der Waals surface area contributed by atoms with Crippen LogP contribution in [0.15, 0.2) is 109 Å². The van der Waals surface area contributed by atoms with Crippen LogP contribution in [0.25, 0.3) is 22.3 Å². The summed E-state index contributed by atoms with van der Waals surface area (Å²) in [4.78, 5) is 0. The van der Waals surface area contributed by atoms with Crippen LogP contribution in [0.1, 0.15) is 0 Å². The average molecular weight is 406 g/mol. The normalized spacial score (nSPS) is 9.48. The predicted molar refractivity (Wildman–Crippen MR) is 107 cm³/mol. The Bertz CT molecular complexity index is 873. The standard InChI is InChI=1S/2C12H10O.Zn/c2*13-12-9-5-4-8-11(12)10-6-2-1-3-7-10;/h2*1-9,13H;. The summed E-state index contributed by atoms with van der Waals surface area (Å²) in [6.07, 6.45) is 0. The minimum atomic E-state index is 0. The molecule has 0 amide bonds. The van der Waals surface area contributed by atoms with Gasteiger partial charge in [-0.05, 0) is 23.3 Å². The Morgan fingerprint density at radius 3 is 1.00 bits per heavy atom. The SMILES string of the molecule is Oc1ccccc1-c1ccccc1.Oc1ccccc1-c1ccccc1.[Zn]. The average Bonchev–Trinajstić information content (AvgIpc) is 2.71. The van der Waals surface area contributed by atoms with Gasteiger partial charge in [0, 0.05) is 30.6 Å². The number of aromatic hydroxyl groups is 2. The molecule has 0 aliphatic heterocycles. The number of para-hydroxylation sites is 2. The van der Waals surface area contributed by atoms with Gasteiger partial charge in [0.05, 0.1) is 0 Å². The predicted octanol–water partition coefficient (Wildman–Crippen LogP) is 6.12. The number of phenolic OH excluding ortho intramolecular Hbond substituents is 2. The first kappa shape index (κ1) is 20.4. The molecule has 27 heavy (non-hydrogen) atoms. The fourth-order valence-electron chi connectivity index (χ4n) is 2.67. The molecule has 4 aromatic rings. The molecule has 0 aliphatic carbocycles. The van der Waals surface area contributed by atoms with E-state index in [1.54, 1.807) is 12.1 Å². The zero-order valence-corrected chi connectivity index (χ0v) is 18.0. The molecule has 2 N–H and O–H groups in total. The molecule has 0 aromatic heterocycles. The second kappa shape index (κ2) is 10.3. The minimum Gasteiger partial charge on any atom is -0.507 e. The summed E-state index contributed by atoms with van der Waals surface area (Å²) < 4.78 is 0. The quantitative estimate of drug-likeness (QED) is 0.395. The molecule has 4 rings (SSSR count). The molecule has 130 valence electrons. The van der Waals surface area contributed by atoms with Gasteiger partial charge < -0.3 is 10.2 Å². The van der Waals surface area contributed by atoms with Crippen molar-refractivity contribution in [3.8, 4) is 33.8 Å². The van der Waals surface area contributed by atoms with E-state index in [0.717, 1.165) is 22.3 Å². The Morgan fingerprint density at radius 2 is 0.667 bits per heavy atom. The third-order valence-corrected chi connectivity index (χ3v) is 3.98. The number of hydrogen-bond acceptors (Lipinski definition) is 2. The Balaban J connectivity index is 0.000000187. The molecule has 0 spiro atoms. The van der Waals surface area contributed by atoms with Crippen molar-refractivity contribution in [1.82, 2.24) is 0 Å². The second-order valence-electron chi connectivity index (χ2n) is 5.77. The van der Waals surface area contributed by atoms with Crippen molar-refractivity contribution in [2.45, 2.75) is 0 Å². The topological polar surface area (TPSA) is 40.5 Å². The van der Waals surface area contributed by atoms with Crippen LogP contribution in [0.5, 0.6) is 11.5 Å². The maximum absolute atomic E-state index is 9.56. The first-order chi connectivity index (χ1) is 12.8. The zero-order chi connectivity index (χ0) is 18.2. The molecule has 0 saturated carbocycles. The van der Waals surface area contributed by atoms with Gasteiger partial charge >= 0.3 is 0 Å². The van der Waals surface area contributed by atoms with Crippen molar-refractivity contribution in [3.05, 3.63) is 109 Å². The van der Waals surface area contributed by atoms with Gasteiger partial charge in [0.25, 0.3) is 0 Å². The van der Waals surface area contributed by atoms with Crippen molar-refractivity contribution in [3.63, 3.8) is 0 Å². The van der Waals surface area contributed by atoms with Crippen LogP contribution in [-0.2, 0) is 19.5 Å². The first-order valence-electron chi connectivity index (χ1n) is 8.42. The summed E-state index contributed by atoms with van der Waals surface area (Å²) in [6, 6.07) is 34.4. The van der Waals surface area contributed by atoms with Gasteiger partial charge in [0.1, 0.15) is 11.5 Å². The summed E-state index contributed by atoms with van der Waals surface area (Å²) in [7, 11) is 0. The summed E-state index contributed by atoms with van der Waals surface area (Å²) in [5, 5.41) is 19.1. The van der Waals surface area contributed by atoms with Crippen molar-refractivity contribution in [2.24, 2.45) is 0 Å². The van der Waals surface area contributed by atoms with Crippen LogP contribution < -0.4 is 0 Å². The third kappa shape index (κ3) is 5.54. The van der Waals surface area contributed by atoms with Gasteiger partial charge in [-0.3, -0.25) is 0 Å². The van der Waals surface area contributed by atoms with E-state index in [1.165, 1.54) is 0 Å². The molecule has 0 radical (unpaired) electrons. The van der Waals surface area contributed by atoms with E-state index in [2.05, 4.69) is 0 Å². The molecule has 2 nitrogen and oxygen atoms in total.